The summed E-state index contributed by atoms with van der Waals surface area (Å²) in [7, 11) is 0. The fourth-order valence-electron chi connectivity index (χ4n) is 8.89. The van der Waals surface area contributed by atoms with Gasteiger partial charge < -0.3 is 69.5 Å². The second-order valence-electron chi connectivity index (χ2n) is 22.2. The molecule has 0 rings (SSSR count). The first-order valence-corrected chi connectivity index (χ1v) is 37.1. The molecule has 0 spiro atoms. The van der Waals surface area contributed by atoms with Gasteiger partial charge in [0.15, 0.2) is 0 Å². The zero-order valence-electron chi connectivity index (χ0n) is 56.6. The minimum atomic E-state index is -0.115. The van der Waals surface area contributed by atoms with Crippen molar-refractivity contribution in [2.24, 2.45) is 0 Å². The second-order valence-corrected chi connectivity index (χ2v) is 23.8. The Bertz CT molecular complexity index is 1230. The Balaban J connectivity index is -0.000000134. The molecule has 0 saturated carbocycles. The molecule has 0 saturated heterocycles. The predicted octanol–water partition coefficient (Wildman–Crippen LogP) is 22.0. The Kier molecular flexibility index (Phi) is 126. The number of carbonyl (C=O) groups is 4. The Morgan fingerprint density at radius 1 is 0.247 bits per heavy atom. The number of hydrogen-bond acceptors (Lipinski definition) is 12. The van der Waals surface area contributed by atoms with Crippen molar-refractivity contribution in [2.75, 3.05) is 49.4 Å². The zero-order chi connectivity index (χ0) is 62.4. The molecular weight excluding hydrogens is 1410 g/mol. The van der Waals surface area contributed by atoms with Gasteiger partial charge in [-0.15, -0.1) is 23.0 Å². The maximum atomic E-state index is 11.2. The quantitative estimate of drug-likeness (QED) is 0.0145. The summed E-state index contributed by atoms with van der Waals surface area (Å²) >= 11 is 18.9. The summed E-state index contributed by atoms with van der Waals surface area (Å²) < 4.78 is 19.7. The SMILES string of the molecule is C.C.CCCCCCCCCC/C=C/CCCC(=O)OCC[S-].CCCCCCCCCC/C=C/CCCC(=O)OCC[S-].CCCCCCCCCC/C=C/CCCC(=O)OCC[S-].CCCCCCCCCC/C=C/CCCC(=O)OCC[S-].S.[Sn+2].[Sn+2]. The van der Waals surface area contributed by atoms with Gasteiger partial charge in [0.05, 0.1) is 26.4 Å². The van der Waals surface area contributed by atoms with Gasteiger partial charge in [0.25, 0.3) is 0 Å². The van der Waals surface area contributed by atoms with E-state index in [9.17, 15) is 19.2 Å². The molecule has 0 aromatic carbocycles. The summed E-state index contributed by atoms with van der Waals surface area (Å²) in [4.78, 5) is 44.8. The van der Waals surface area contributed by atoms with Crippen LogP contribution < -0.4 is 0 Å². The van der Waals surface area contributed by atoms with Crippen molar-refractivity contribution < 1.29 is 38.1 Å². The number of esters is 4. The smallest absolute Gasteiger partial charge is 0.789 e. The Labute approximate surface area is 617 Å². The Hall–Kier alpha value is 0.187. The molecule has 0 bridgehead atoms. The van der Waals surface area contributed by atoms with Crippen molar-refractivity contribution in [2.45, 2.75) is 351 Å². The molecule has 0 aliphatic rings. The molecule has 15 heteroatoms. The van der Waals surface area contributed by atoms with E-state index in [4.69, 9.17) is 69.5 Å². The number of unbranched alkanes of at least 4 members (excludes halogenated alkanes) is 36. The van der Waals surface area contributed by atoms with Gasteiger partial charge in [0.2, 0.25) is 0 Å². The molecule has 0 aromatic rings. The molecule has 0 unspecified atom stereocenters. The Morgan fingerprint density at radius 2 is 0.382 bits per heavy atom. The number of allylic oxidation sites excluding steroid dienone is 8. The molecule has 0 aliphatic heterocycles. The van der Waals surface area contributed by atoms with Crippen LogP contribution in [0.25, 0.3) is 0 Å². The standard InChI is InChI=1S/4C18H34O2S.2CH4.H2S.2Sn/c4*1-2-3-4-5-6-7-8-9-10-11-12-13-14-15-18(19)20-16-17-21;;;;;/h4*11-12,21H,2-10,13-17H2,1H3;2*1H4;1H2;;/q;;;;;;;2*+2/p-4/b4*12-11+;;;;;. The third kappa shape index (κ3) is 113. The van der Waals surface area contributed by atoms with Gasteiger partial charge in [-0.25, -0.2) is 0 Å². The van der Waals surface area contributed by atoms with Crippen molar-refractivity contribution in [1.82, 2.24) is 0 Å². The summed E-state index contributed by atoms with van der Waals surface area (Å²) in [5, 5.41) is 0. The molecule has 0 fully saturated rings. The van der Waals surface area contributed by atoms with Crippen LogP contribution in [0.15, 0.2) is 48.6 Å². The van der Waals surface area contributed by atoms with Crippen molar-refractivity contribution in [3.8, 4) is 0 Å². The van der Waals surface area contributed by atoms with Crippen LogP contribution in [-0.2, 0) is 88.6 Å². The molecule has 0 aliphatic carbocycles. The van der Waals surface area contributed by atoms with Crippen LogP contribution in [0.3, 0.4) is 0 Å². The molecule has 0 atom stereocenters. The van der Waals surface area contributed by atoms with Gasteiger partial charge in [-0.2, -0.15) is 13.5 Å². The van der Waals surface area contributed by atoms with E-state index in [0.29, 0.717) is 75.1 Å². The van der Waals surface area contributed by atoms with Crippen LogP contribution in [0.4, 0.5) is 0 Å². The molecule has 89 heavy (non-hydrogen) atoms. The number of ether oxygens (including phenoxy) is 4. The third-order valence-corrected chi connectivity index (χ3v) is 14.6. The van der Waals surface area contributed by atoms with E-state index < -0.39 is 0 Å². The fourth-order valence-corrected chi connectivity index (χ4v) is 9.23. The molecular formula is C74H142O8S5Sn2. The summed E-state index contributed by atoms with van der Waals surface area (Å²) in [6.07, 6.45) is 75.8. The van der Waals surface area contributed by atoms with Crippen LogP contribution >= 0.6 is 13.5 Å². The van der Waals surface area contributed by atoms with Gasteiger partial charge in [0.1, 0.15) is 0 Å². The van der Waals surface area contributed by atoms with Crippen molar-refractivity contribution >= 4 is 136 Å². The topological polar surface area (TPSA) is 105 Å². The van der Waals surface area contributed by atoms with E-state index in [-0.39, 0.29) is 100 Å². The number of hydrogen-bond donors (Lipinski definition) is 0. The second kappa shape index (κ2) is 104. The summed E-state index contributed by atoms with van der Waals surface area (Å²) in [5.74, 6) is 1.50. The summed E-state index contributed by atoms with van der Waals surface area (Å²) in [5.41, 5.74) is 0. The summed E-state index contributed by atoms with van der Waals surface area (Å²) in [6.45, 7) is 10.6. The number of rotatable bonds is 60. The van der Waals surface area contributed by atoms with E-state index in [0.717, 1.165) is 51.4 Å². The van der Waals surface area contributed by atoms with Gasteiger partial charge in [-0.3, -0.25) is 19.2 Å². The van der Waals surface area contributed by atoms with Gasteiger partial charge in [-0.05, 0) is 103 Å². The minimum Gasteiger partial charge on any atom is -0.789 e. The van der Waals surface area contributed by atoms with Crippen molar-refractivity contribution in [3.63, 3.8) is 0 Å². The van der Waals surface area contributed by atoms with Gasteiger partial charge >= 0.3 is 71.7 Å². The van der Waals surface area contributed by atoms with Crippen LogP contribution in [-0.4, -0.2) is 121 Å². The van der Waals surface area contributed by atoms with Crippen LogP contribution in [0, 0.1) is 0 Å². The van der Waals surface area contributed by atoms with Crippen LogP contribution in [0.2, 0.25) is 0 Å². The average Bonchev–Trinajstić information content (AvgIpc) is 3.50. The van der Waals surface area contributed by atoms with Crippen LogP contribution in [0.1, 0.15) is 351 Å². The van der Waals surface area contributed by atoms with E-state index in [1.54, 1.807) is 0 Å². The molecule has 524 valence electrons. The van der Waals surface area contributed by atoms with Crippen molar-refractivity contribution in [3.05, 3.63) is 48.6 Å². The normalized spacial score (nSPS) is 10.5. The molecule has 0 aromatic heterocycles. The molecule has 4 radical (unpaired) electrons. The summed E-state index contributed by atoms with van der Waals surface area (Å²) in [6, 6.07) is 0. The maximum absolute atomic E-state index is 11.2. The average molecular weight is 1560 g/mol. The fraction of sp³-hybridized carbons (Fsp3) is 0.838. The van der Waals surface area contributed by atoms with Gasteiger partial charge in [-0.1, -0.05) is 271 Å². The van der Waals surface area contributed by atoms with E-state index in [1.165, 1.54) is 231 Å². The van der Waals surface area contributed by atoms with Crippen LogP contribution in [0.5, 0.6) is 0 Å². The first-order valence-electron chi connectivity index (χ1n) is 34.8. The largest absolute Gasteiger partial charge is 2.00 e. The van der Waals surface area contributed by atoms with Crippen molar-refractivity contribution in [1.29, 1.82) is 0 Å². The monoisotopic (exact) mass is 1560 g/mol. The van der Waals surface area contributed by atoms with E-state index in [1.807, 2.05) is 0 Å². The van der Waals surface area contributed by atoms with Gasteiger partial charge in [0, 0.05) is 25.7 Å². The molecule has 0 N–H and O–H groups in total. The van der Waals surface area contributed by atoms with E-state index >= 15 is 0 Å². The third-order valence-electron chi connectivity index (χ3n) is 14.0. The first-order chi connectivity index (χ1) is 41.2. The Morgan fingerprint density at radius 3 is 0.528 bits per heavy atom. The molecule has 0 heterocycles. The number of carbonyl (C=O) groups excluding carboxylic acids is 4. The van der Waals surface area contributed by atoms with E-state index in [2.05, 4.69) is 76.3 Å². The molecule has 8 nitrogen and oxygen atoms in total. The predicted molar refractivity (Wildman–Crippen MR) is 409 cm³/mol. The maximum Gasteiger partial charge on any atom is 2.00 e. The zero-order valence-corrected chi connectivity index (χ0v) is 66.6. The minimum absolute atomic E-state index is 0. The molecule has 0 amide bonds. The first kappa shape index (κ1) is 108.